The molecule has 1 aromatic carbocycles. The average molecular weight is 324 g/mol. The third kappa shape index (κ3) is 3.40. The predicted molar refractivity (Wildman–Crippen MR) is 86.8 cm³/mol. The lowest BCUT2D eigenvalue weighted by molar-refractivity contribution is 0.229. The van der Waals surface area contributed by atoms with Crippen molar-refractivity contribution < 1.29 is 18.0 Å². The average Bonchev–Trinajstić information content (AvgIpc) is 2.95. The first-order valence-corrected chi connectivity index (χ1v) is 8.69. The van der Waals surface area contributed by atoms with Crippen LogP contribution in [0.2, 0.25) is 0 Å². The summed E-state index contributed by atoms with van der Waals surface area (Å²) in [5, 5.41) is 0. The molecule has 1 heterocycles. The van der Waals surface area contributed by atoms with Crippen LogP contribution in [0.1, 0.15) is 13.8 Å². The van der Waals surface area contributed by atoms with E-state index in [1.165, 1.54) is 0 Å². The molecule has 22 heavy (non-hydrogen) atoms. The number of hydrogen-bond donors (Lipinski definition) is 0. The van der Waals surface area contributed by atoms with Crippen molar-refractivity contribution in [1.82, 2.24) is 4.98 Å². The van der Waals surface area contributed by atoms with E-state index in [1.807, 2.05) is 30.3 Å². The largest absolute Gasteiger partial charge is 0.420 e. The Morgan fingerprint density at radius 1 is 1.14 bits per heavy atom. The molecule has 0 spiro atoms. The maximum absolute atomic E-state index is 13.0. The fourth-order valence-electron chi connectivity index (χ4n) is 1.98. The van der Waals surface area contributed by atoms with Crippen LogP contribution in [-0.2, 0) is 13.6 Å². The lowest BCUT2D eigenvalue weighted by atomic mass is 10.2. The summed E-state index contributed by atoms with van der Waals surface area (Å²) >= 11 is 0. The Kier molecular flexibility index (Phi) is 5.40. The molecule has 0 aliphatic rings. The van der Waals surface area contributed by atoms with Crippen LogP contribution in [0.4, 0.5) is 5.88 Å². The molecule has 2 rings (SSSR count). The van der Waals surface area contributed by atoms with Crippen molar-refractivity contribution in [3.05, 3.63) is 30.3 Å². The maximum atomic E-state index is 13.0. The van der Waals surface area contributed by atoms with Crippen molar-refractivity contribution in [2.45, 2.75) is 13.8 Å². The molecule has 7 heteroatoms. The Hall–Kier alpha value is -1.62. The molecular formula is C15H21N2O4P. The molecule has 0 saturated carbocycles. The van der Waals surface area contributed by atoms with Crippen LogP contribution in [0, 0.1) is 0 Å². The van der Waals surface area contributed by atoms with E-state index in [2.05, 4.69) is 4.98 Å². The Morgan fingerprint density at radius 3 is 2.23 bits per heavy atom. The lowest BCUT2D eigenvalue weighted by Gasteiger charge is -2.17. The van der Waals surface area contributed by atoms with Gasteiger partial charge in [-0.25, -0.2) is 0 Å². The molecule has 0 aliphatic carbocycles. The molecule has 0 N–H and O–H groups in total. The van der Waals surface area contributed by atoms with Gasteiger partial charge in [0.1, 0.15) is 0 Å². The van der Waals surface area contributed by atoms with E-state index in [1.54, 1.807) is 32.8 Å². The van der Waals surface area contributed by atoms with Crippen molar-refractivity contribution >= 4 is 18.9 Å². The van der Waals surface area contributed by atoms with Gasteiger partial charge in [0.2, 0.25) is 17.2 Å². The standard InChI is InChI=1S/C15H21N2O4P/c1-5-19-22(18,20-6-2)14-15(17(3)4)21-13(16-14)12-10-8-7-9-11-12/h7-11H,5-6H2,1-4H3. The number of oxazole rings is 1. The third-order valence-electron chi connectivity index (χ3n) is 2.88. The molecule has 0 aliphatic heterocycles. The highest BCUT2D eigenvalue weighted by molar-refractivity contribution is 7.62. The van der Waals surface area contributed by atoms with Crippen LogP contribution >= 0.6 is 7.60 Å². The molecular weight excluding hydrogens is 303 g/mol. The Morgan fingerprint density at radius 2 is 1.73 bits per heavy atom. The van der Waals surface area contributed by atoms with E-state index in [0.717, 1.165) is 5.56 Å². The summed E-state index contributed by atoms with van der Waals surface area (Å²) in [5.41, 5.74) is 1.01. The zero-order chi connectivity index (χ0) is 16.2. The minimum Gasteiger partial charge on any atom is -0.420 e. The zero-order valence-corrected chi connectivity index (χ0v) is 14.2. The van der Waals surface area contributed by atoms with Gasteiger partial charge in [0.25, 0.3) is 0 Å². The molecule has 6 nitrogen and oxygen atoms in total. The molecule has 0 fully saturated rings. The first-order chi connectivity index (χ1) is 10.5. The summed E-state index contributed by atoms with van der Waals surface area (Å²) in [7, 11) is 0.0760. The van der Waals surface area contributed by atoms with Gasteiger partial charge >= 0.3 is 7.60 Å². The van der Waals surface area contributed by atoms with Crippen LogP contribution in [-0.4, -0.2) is 32.3 Å². The van der Waals surface area contributed by atoms with Gasteiger partial charge in [0, 0.05) is 19.7 Å². The SMILES string of the molecule is CCOP(=O)(OCC)c1nc(-c2ccccc2)oc1N(C)C. The minimum atomic E-state index is -3.51. The number of hydrogen-bond acceptors (Lipinski definition) is 6. The molecule has 1 aromatic heterocycles. The highest BCUT2D eigenvalue weighted by Gasteiger charge is 2.36. The number of rotatable bonds is 7. The summed E-state index contributed by atoms with van der Waals surface area (Å²) < 4.78 is 29.5. The molecule has 120 valence electrons. The van der Waals surface area contributed by atoms with Crippen molar-refractivity contribution in [2.75, 3.05) is 32.2 Å². The summed E-state index contributed by atoms with van der Waals surface area (Å²) in [6.45, 7) is 4.05. The highest BCUT2D eigenvalue weighted by atomic mass is 31.2. The van der Waals surface area contributed by atoms with Gasteiger partial charge in [-0.2, -0.15) is 4.98 Å². The van der Waals surface area contributed by atoms with Crippen LogP contribution in [0.5, 0.6) is 0 Å². The van der Waals surface area contributed by atoms with E-state index in [4.69, 9.17) is 13.5 Å². The monoisotopic (exact) mass is 324 g/mol. The van der Waals surface area contributed by atoms with Gasteiger partial charge in [0.05, 0.1) is 13.2 Å². The molecule has 0 amide bonds. The smallest absolute Gasteiger partial charge is 0.385 e. The molecule has 0 unspecified atom stereocenters. The van der Waals surface area contributed by atoms with E-state index < -0.39 is 7.60 Å². The van der Waals surface area contributed by atoms with E-state index >= 15 is 0 Å². The zero-order valence-electron chi connectivity index (χ0n) is 13.3. The molecule has 2 aromatic rings. The Bertz CT molecular complexity index is 645. The highest BCUT2D eigenvalue weighted by Crippen LogP contribution is 2.49. The van der Waals surface area contributed by atoms with Crippen molar-refractivity contribution in [3.63, 3.8) is 0 Å². The van der Waals surface area contributed by atoms with Crippen LogP contribution in [0.25, 0.3) is 11.5 Å². The summed E-state index contributed by atoms with van der Waals surface area (Å²) in [4.78, 5) is 6.10. The van der Waals surface area contributed by atoms with Gasteiger partial charge in [0.15, 0.2) is 0 Å². The molecule has 0 saturated heterocycles. The second-order valence-electron chi connectivity index (χ2n) is 4.74. The van der Waals surface area contributed by atoms with E-state index in [-0.39, 0.29) is 18.6 Å². The number of benzene rings is 1. The maximum Gasteiger partial charge on any atom is 0.385 e. The normalized spacial score (nSPS) is 11.6. The van der Waals surface area contributed by atoms with Crippen molar-refractivity contribution in [1.29, 1.82) is 0 Å². The Balaban J connectivity index is 2.54. The second-order valence-corrected chi connectivity index (χ2v) is 6.68. The van der Waals surface area contributed by atoms with Gasteiger partial charge in [-0.3, -0.25) is 4.57 Å². The van der Waals surface area contributed by atoms with Crippen molar-refractivity contribution in [3.8, 4) is 11.5 Å². The van der Waals surface area contributed by atoms with Gasteiger partial charge < -0.3 is 18.4 Å². The third-order valence-corrected chi connectivity index (χ3v) is 4.88. The fraction of sp³-hybridized carbons (Fsp3) is 0.400. The lowest BCUT2D eigenvalue weighted by Crippen LogP contribution is -2.20. The molecule has 0 radical (unpaired) electrons. The van der Waals surface area contributed by atoms with Gasteiger partial charge in [-0.05, 0) is 26.0 Å². The number of nitrogens with zero attached hydrogens (tertiary/aromatic N) is 2. The van der Waals surface area contributed by atoms with Crippen LogP contribution in [0.15, 0.2) is 34.7 Å². The summed E-state index contributed by atoms with van der Waals surface area (Å²) in [6.07, 6.45) is 0. The quantitative estimate of drug-likeness (QED) is 0.728. The summed E-state index contributed by atoms with van der Waals surface area (Å²) in [5.74, 6) is 0.767. The summed E-state index contributed by atoms with van der Waals surface area (Å²) in [6, 6.07) is 9.44. The second kappa shape index (κ2) is 7.09. The van der Waals surface area contributed by atoms with E-state index in [9.17, 15) is 4.57 Å². The fourth-order valence-corrected chi connectivity index (χ4v) is 3.67. The molecule has 0 bridgehead atoms. The first kappa shape index (κ1) is 16.7. The van der Waals surface area contributed by atoms with Gasteiger partial charge in [-0.15, -0.1) is 0 Å². The topological polar surface area (TPSA) is 64.8 Å². The number of aromatic nitrogens is 1. The van der Waals surface area contributed by atoms with Gasteiger partial charge in [-0.1, -0.05) is 18.2 Å². The minimum absolute atomic E-state index is 0.208. The van der Waals surface area contributed by atoms with Crippen LogP contribution in [0.3, 0.4) is 0 Å². The molecule has 0 atom stereocenters. The predicted octanol–water partition coefficient (Wildman–Crippen LogP) is 3.30. The van der Waals surface area contributed by atoms with Crippen molar-refractivity contribution in [2.24, 2.45) is 0 Å². The van der Waals surface area contributed by atoms with E-state index in [0.29, 0.717) is 11.8 Å². The Labute approximate surface area is 130 Å². The number of anilines is 1. The van der Waals surface area contributed by atoms with Crippen LogP contribution < -0.4 is 10.3 Å². The first-order valence-electron chi connectivity index (χ1n) is 7.15.